The first-order valence-electron chi connectivity index (χ1n) is 8.33. The van der Waals surface area contributed by atoms with Crippen LogP contribution in [-0.2, 0) is 10.0 Å². The zero-order valence-corrected chi connectivity index (χ0v) is 16.5. The fraction of sp³-hybridized carbons (Fsp3) is 0.278. The van der Waals surface area contributed by atoms with Gasteiger partial charge in [-0.15, -0.1) is 0 Å². The van der Waals surface area contributed by atoms with Gasteiger partial charge in [-0.2, -0.15) is 0 Å². The van der Waals surface area contributed by atoms with E-state index in [0.29, 0.717) is 5.56 Å². The molecule has 2 aromatic rings. The summed E-state index contributed by atoms with van der Waals surface area (Å²) in [6.45, 7) is 3.45. The Morgan fingerprint density at radius 1 is 1.14 bits per heavy atom. The number of hydrogen-bond acceptors (Lipinski definition) is 6. The Kier molecular flexibility index (Phi) is 6.71. The number of nitrogens with one attached hydrogen (secondary N) is 2. The van der Waals surface area contributed by atoms with E-state index in [2.05, 4.69) is 10.0 Å². The Balaban J connectivity index is 2.02. The van der Waals surface area contributed by atoms with Crippen LogP contribution >= 0.6 is 0 Å². The summed E-state index contributed by atoms with van der Waals surface area (Å²) < 4.78 is 32.3. The van der Waals surface area contributed by atoms with Gasteiger partial charge >= 0.3 is 0 Å². The molecule has 0 aliphatic rings. The van der Waals surface area contributed by atoms with Crippen LogP contribution in [0, 0.1) is 24.0 Å². The minimum Gasteiger partial charge on any atom is -0.496 e. The van der Waals surface area contributed by atoms with Gasteiger partial charge in [-0.25, -0.2) is 13.1 Å². The largest absolute Gasteiger partial charge is 0.496 e. The minimum absolute atomic E-state index is 0.00519. The molecule has 0 aliphatic carbocycles. The van der Waals surface area contributed by atoms with Crippen molar-refractivity contribution >= 4 is 21.6 Å². The number of non-ortho nitro benzene ring substituents is 1. The summed E-state index contributed by atoms with van der Waals surface area (Å²) in [7, 11) is -2.38. The van der Waals surface area contributed by atoms with Crippen LogP contribution in [0.3, 0.4) is 0 Å². The van der Waals surface area contributed by atoms with Crippen LogP contribution in [0.15, 0.2) is 41.3 Å². The zero-order valence-electron chi connectivity index (χ0n) is 15.7. The summed E-state index contributed by atoms with van der Waals surface area (Å²) >= 11 is 0. The number of ether oxygens (including phenoxy) is 1. The van der Waals surface area contributed by atoms with Crippen LogP contribution in [0.25, 0.3) is 0 Å². The van der Waals surface area contributed by atoms with Crippen LogP contribution in [-0.4, -0.2) is 39.4 Å². The maximum Gasteiger partial charge on any atom is 0.270 e. The number of sulfonamides is 1. The van der Waals surface area contributed by atoms with Gasteiger partial charge in [-0.3, -0.25) is 14.9 Å². The van der Waals surface area contributed by atoms with Crippen LogP contribution in [0.5, 0.6) is 5.75 Å². The minimum atomic E-state index is -3.72. The third-order valence-electron chi connectivity index (χ3n) is 3.97. The third kappa shape index (κ3) is 5.05. The molecule has 0 aromatic heterocycles. The molecule has 0 aliphatic heterocycles. The van der Waals surface area contributed by atoms with Gasteiger partial charge in [0.2, 0.25) is 10.0 Å². The fourth-order valence-electron chi connectivity index (χ4n) is 2.52. The maximum atomic E-state index is 12.4. The second-order valence-corrected chi connectivity index (χ2v) is 7.80. The Bertz CT molecular complexity index is 1000. The summed E-state index contributed by atoms with van der Waals surface area (Å²) in [6.07, 6.45) is 0. The molecular formula is C18H21N3O6S. The second kappa shape index (κ2) is 8.81. The number of nitro groups is 1. The Hall–Kier alpha value is -2.98. The molecule has 0 saturated heterocycles. The lowest BCUT2D eigenvalue weighted by Gasteiger charge is -2.12. The molecule has 0 heterocycles. The van der Waals surface area contributed by atoms with Crippen molar-refractivity contribution in [3.8, 4) is 5.75 Å². The van der Waals surface area contributed by atoms with Gasteiger partial charge in [0.25, 0.3) is 11.6 Å². The molecule has 0 atom stereocenters. The van der Waals surface area contributed by atoms with Crippen molar-refractivity contribution in [2.24, 2.45) is 0 Å². The molecule has 2 N–H and O–H groups in total. The van der Waals surface area contributed by atoms with Gasteiger partial charge in [0, 0.05) is 25.2 Å². The number of nitro benzene ring substituents is 1. The fourth-order valence-corrected chi connectivity index (χ4v) is 3.88. The predicted octanol–water partition coefficient (Wildman–Crippen LogP) is 1.93. The van der Waals surface area contributed by atoms with Crippen molar-refractivity contribution in [3.05, 3.63) is 63.2 Å². The maximum absolute atomic E-state index is 12.4. The summed E-state index contributed by atoms with van der Waals surface area (Å²) in [6, 6.07) is 8.78. The number of nitrogens with zero attached hydrogens (tertiary/aromatic N) is 1. The molecule has 1 amide bonds. The van der Waals surface area contributed by atoms with Crippen molar-refractivity contribution in [2.45, 2.75) is 18.7 Å². The molecule has 2 aromatic carbocycles. The number of amides is 1. The van der Waals surface area contributed by atoms with Crippen LogP contribution in [0.4, 0.5) is 5.69 Å². The second-order valence-electron chi connectivity index (χ2n) is 6.06. The Labute approximate surface area is 162 Å². The molecular weight excluding hydrogens is 386 g/mol. The van der Waals surface area contributed by atoms with E-state index in [1.54, 1.807) is 26.0 Å². The average Bonchev–Trinajstić information content (AvgIpc) is 2.66. The van der Waals surface area contributed by atoms with Gasteiger partial charge < -0.3 is 10.1 Å². The van der Waals surface area contributed by atoms with Gasteiger partial charge in [0.15, 0.2) is 0 Å². The monoisotopic (exact) mass is 407 g/mol. The van der Waals surface area contributed by atoms with E-state index in [9.17, 15) is 23.3 Å². The number of carbonyl (C=O) groups is 1. The lowest BCUT2D eigenvalue weighted by Crippen LogP contribution is -2.35. The number of rotatable bonds is 8. The van der Waals surface area contributed by atoms with Gasteiger partial charge in [0.05, 0.1) is 22.5 Å². The van der Waals surface area contributed by atoms with E-state index in [1.807, 2.05) is 6.07 Å². The normalized spacial score (nSPS) is 11.1. The highest BCUT2D eigenvalue weighted by atomic mass is 32.2. The van der Waals surface area contributed by atoms with E-state index < -0.39 is 20.9 Å². The summed E-state index contributed by atoms with van der Waals surface area (Å²) in [4.78, 5) is 22.8. The first kappa shape index (κ1) is 21.3. The zero-order chi connectivity index (χ0) is 20.9. The quantitative estimate of drug-likeness (QED) is 0.391. The number of hydrogen-bond donors (Lipinski definition) is 2. The number of aryl methyl sites for hydroxylation is 2. The molecule has 0 bridgehead atoms. The molecule has 10 heteroatoms. The first-order valence-corrected chi connectivity index (χ1v) is 9.81. The molecule has 2 rings (SSSR count). The number of benzene rings is 2. The van der Waals surface area contributed by atoms with Gasteiger partial charge in [0.1, 0.15) is 5.75 Å². The highest BCUT2D eigenvalue weighted by molar-refractivity contribution is 7.89. The predicted molar refractivity (Wildman–Crippen MR) is 103 cm³/mol. The van der Waals surface area contributed by atoms with E-state index in [4.69, 9.17) is 4.74 Å². The van der Waals surface area contributed by atoms with Crippen LogP contribution < -0.4 is 14.8 Å². The standard InChI is InChI=1S/C18H21N3O6S/c1-12-4-5-13(2)17(10-12)28(25,26)20-9-8-19-18(22)15-11-14(21(23)24)6-7-16(15)27-3/h4-7,10-11,20H,8-9H2,1-3H3,(H,19,22). The van der Waals surface area contributed by atoms with Crippen molar-refractivity contribution < 1.29 is 22.9 Å². The van der Waals surface area contributed by atoms with Crippen molar-refractivity contribution in [1.29, 1.82) is 0 Å². The van der Waals surface area contributed by atoms with Crippen LogP contribution in [0.1, 0.15) is 21.5 Å². The third-order valence-corrected chi connectivity index (χ3v) is 5.58. The molecule has 0 fully saturated rings. The number of methoxy groups -OCH3 is 1. The highest BCUT2D eigenvalue weighted by Gasteiger charge is 2.19. The van der Waals surface area contributed by atoms with Crippen molar-refractivity contribution in [1.82, 2.24) is 10.0 Å². The summed E-state index contributed by atoms with van der Waals surface area (Å²) in [5.41, 5.74) is 1.18. The molecule has 0 unspecified atom stereocenters. The van der Waals surface area contributed by atoms with E-state index in [-0.39, 0.29) is 35.0 Å². The Morgan fingerprint density at radius 2 is 1.86 bits per heavy atom. The lowest BCUT2D eigenvalue weighted by atomic mass is 10.1. The van der Waals surface area contributed by atoms with E-state index >= 15 is 0 Å². The van der Waals surface area contributed by atoms with Crippen molar-refractivity contribution in [2.75, 3.05) is 20.2 Å². The highest BCUT2D eigenvalue weighted by Crippen LogP contribution is 2.23. The molecule has 150 valence electrons. The smallest absolute Gasteiger partial charge is 0.270 e. The Morgan fingerprint density at radius 3 is 2.50 bits per heavy atom. The summed E-state index contributed by atoms with van der Waals surface area (Å²) in [5.74, 6) is -0.425. The first-order chi connectivity index (χ1) is 13.2. The van der Waals surface area contributed by atoms with Crippen LogP contribution in [0.2, 0.25) is 0 Å². The SMILES string of the molecule is COc1ccc([N+](=O)[O-])cc1C(=O)NCCNS(=O)(=O)c1cc(C)ccc1C. The number of carbonyl (C=O) groups excluding carboxylic acids is 1. The van der Waals surface area contributed by atoms with Gasteiger partial charge in [-0.1, -0.05) is 12.1 Å². The van der Waals surface area contributed by atoms with E-state index in [1.165, 1.54) is 19.2 Å². The molecule has 0 saturated carbocycles. The van der Waals surface area contributed by atoms with Gasteiger partial charge in [-0.05, 0) is 37.1 Å². The molecule has 28 heavy (non-hydrogen) atoms. The summed E-state index contributed by atoms with van der Waals surface area (Å²) in [5, 5.41) is 13.4. The topological polar surface area (TPSA) is 128 Å². The average molecular weight is 407 g/mol. The van der Waals surface area contributed by atoms with E-state index in [0.717, 1.165) is 11.6 Å². The molecule has 0 radical (unpaired) electrons. The molecule has 9 nitrogen and oxygen atoms in total. The van der Waals surface area contributed by atoms with Crippen molar-refractivity contribution in [3.63, 3.8) is 0 Å². The molecule has 0 spiro atoms. The lowest BCUT2D eigenvalue weighted by molar-refractivity contribution is -0.384.